The van der Waals surface area contributed by atoms with Crippen LogP contribution in [-0.4, -0.2) is 15.9 Å². The van der Waals surface area contributed by atoms with E-state index in [-0.39, 0.29) is 5.91 Å². The van der Waals surface area contributed by atoms with Gasteiger partial charge in [0.15, 0.2) is 0 Å². The molecule has 1 heterocycles. The van der Waals surface area contributed by atoms with E-state index in [1.54, 1.807) is 12.4 Å². The first kappa shape index (κ1) is 8.62. The molecule has 0 aromatic carbocycles. The second kappa shape index (κ2) is 2.77. The lowest BCUT2D eigenvalue weighted by atomic mass is 10.0. The van der Waals surface area contributed by atoms with Gasteiger partial charge in [-0.1, -0.05) is 0 Å². The van der Waals surface area contributed by atoms with Gasteiger partial charge in [0.25, 0.3) is 0 Å². The molecule has 2 N–H and O–H groups in total. The average Bonchev–Trinajstić information content (AvgIpc) is 2.83. The van der Waals surface area contributed by atoms with Crippen molar-refractivity contribution in [3.05, 3.63) is 22.7 Å². The number of halogens is 1. The van der Waals surface area contributed by atoms with Crippen molar-refractivity contribution < 1.29 is 4.79 Å². The van der Waals surface area contributed by atoms with E-state index in [9.17, 15) is 4.79 Å². The number of hydrogen-bond donors (Lipinski definition) is 1. The number of carbonyl (C=O) groups is 1. The molecule has 4 nitrogen and oxygen atoms in total. The zero-order chi connectivity index (χ0) is 9.47. The van der Waals surface area contributed by atoms with Crippen LogP contribution in [0.4, 0.5) is 0 Å². The lowest BCUT2D eigenvalue weighted by Crippen LogP contribution is -2.29. The molecule has 0 saturated heterocycles. The SMILES string of the molecule is NC(=O)C1(c2cncc(Br)n2)CC1. The summed E-state index contributed by atoms with van der Waals surface area (Å²) in [5.74, 6) is -0.306. The predicted molar refractivity (Wildman–Crippen MR) is 49.8 cm³/mol. The molecule has 1 fully saturated rings. The highest BCUT2D eigenvalue weighted by atomic mass is 79.9. The van der Waals surface area contributed by atoms with E-state index in [2.05, 4.69) is 25.9 Å². The Morgan fingerprint density at radius 3 is 2.69 bits per heavy atom. The van der Waals surface area contributed by atoms with Crippen molar-refractivity contribution in [2.75, 3.05) is 0 Å². The fourth-order valence-corrected chi connectivity index (χ4v) is 1.64. The van der Waals surface area contributed by atoms with Crippen molar-refractivity contribution in [1.29, 1.82) is 0 Å². The smallest absolute Gasteiger partial charge is 0.229 e. The molecule has 0 unspecified atom stereocenters. The average molecular weight is 242 g/mol. The van der Waals surface area contributed by atoms with E-state index in [0.29, 0.717) is 10.3 Å². The molecule has 1 aromatic rings. The van der Waals surface area contributed by atoms with E-state index >= 15 is 0 Å². The Morgan fingerprint density at radius 1 is 1.54 bits per heavy atom. The highest BCUT2D eigenvalue weighted by molar-refractivity contribution is 9.10. The van der Waals surface area contributed by atoms with Gasteiger partial charge in [-0.3, -0.25) is 9.78 Å². The Kier molecular flexibility index (Phi) is 1.83. The summed E-state index contributed by atoms with van der Waals surface area (Å²) in [6.45, 7) is 0. The van der Waals surface area contributed by atoms with Crippen molar-refractivity contribution in [1.82, 2.24) is 9.97 Å². The van der Waals surface area contributed by atoms with E-state index in [0.717, 1.165) is 12.8 Å². The largest absolute Gasteiger partial charge is 0.369 e. The molecule has 0 atom stereocenters. The summed E-state index contributed by atoms with van der Waals surface area (Å²) in [5.41, 5.74) is 5.44. The Balaban J connectivity index is 2.41. The van der Waals surface area contributed by atoms with Crippen LogP contribution in [0.2, 0.25) is 0 Å². The topological polar surface area (TPSA) is 68.9 Å². The van der Waals surface area contributed by atoms with Gasteiger partial charge < -0.3 is 5.73 Å². The van der Waals surface area contributed by atoms with Crippen LogP contribution >= 0.6 is 15.9 Å². The van der Waals surface area contributed by atoms with Crippen LogP contribution in [0.25, 0.3) is 0 Å². The Morgan fingerprint density at radius 2 is 2.23 bits per heavy atom. The van der Waals surface area contributed by atoms with Crippen molar-refractivity contribution in [3.63, 3.8) is 0 Å². The Hall–Kier alpha value is -0.970. The molecule has 0 aliphatic heterocycles. The minimum atomic E-state index is -0.531. The lowest BCUT2D eigenvalue weighted by molar-refractivity contribution is -0.120. The number of amides is 1. The first-order chi connectivity index (χ1) is 6.15. The van der Waals surface area contributed by atoms with Gasteiger partial charge in [0.05, 0.1) is 17.3 Å². The monoisotopic (exact) mass is 241 g/mol. The maximum absolute atomic E-state index is 11.1. The quantitative estimate of drug-likeness (QED) is 0.832. The number of rotatable bonds is 2. The van der Waals surface area contributed by atoms with Crippen molar-refractivity contribution in [3.8, 4) is 0 Å². The van der Waals surface area contributed by atoms with Gasteiger partial charge >= 0.3 is 0 Å². The molecule has 5 heteroatoms. The van der Waals surface area contributed by atoms with Gasteiger partial charge in [-0.25, -0.2) is 4.98 Å². The number of hydrogen-bond acceptors (Lipinski definition) is 3. The minimum Gasteiger partial charge on any atom is -0.369 e. The van der Waals surface area contributed by atoms with Crippen molar-refractivity contribution in [2.45, 2.75) is 18.3 Å². The van der Waals surface area contributed by atoms with E-state index in [1.165, 1.54) is 0 Å². The van der Waals surface area contributed by atoms with E-state index < -0.39 is 5.41 Å². The summed E-state index contributed by atoms with van der Waals surface area (Å²) in [6.07, 6.45) is 4.75. The Labute approximate surface area is 83.7 Å². The maximum atomic E-state index is 11.1. The van der Waals surface area contributed by atoms with Crippen LogP contribution in [0.3, 0.4) is 0 Å². The molecule has 0 radical (unpaired) electrons. The number of nitrogens with zero attached hydrogens (tertiary/aromatic N) is 2. The van der Waals surface area contributed by atoms with Gasteiger partial charge in [0.1, 0.15) is 4.60 Å². The molecule has 1 aliphatic rings. The Bertz CT molecular complexity index is 362. The summed E-state index contributed by atoms with van der Waals surface area (Å²) in [7, 11) is 0. The standard InChI is InChI=1S/C8H8BrN3O/c9-6-4-11-3-5(12-6)8(1-2-8)7(10)13/h3-4H,1-2H2,(H2,10,13). The van der Waals surface area contributed by atoms with E-state index in [4.69, 9.17) is 5.73 Å². The van der Waals surface area contributed by atoms with Crippen molar-refractivity contribution >= 4 is 21.8 Å². The molecule has 0 bridgehead atoms. The summed E-state index contributed by atoms with van der Waals surface area (Å²) >= 11 is 3.21. The molecule has 1 aromatic heterocycles. The van der Waals surface area contributed by atoms with Crippen LogP contribution in [-0.2, 0) is 10.2 Å². The summed E-state index contributed by atoms with van der Waals surface area (Å²) < 4.78 is 0.637. The first-order valence-corrected chi connectivity index (χ1v) is 4.72. The van der Waals surface area contributed by atoms with Crippen LogP contribution in [0, 0.1) is 0 Å². The minimum absolute atomic E-state index is 0.306. The highest BCUT2D eigenvalue weighted by Gasteiger charge is 2.51. The van der Waals surface area contributed by atoms with Gasteiger partial charge in [0, 0.05) is 6.20 Å². The maximum Gasteiger partial charge on any atom is 0.229 e. The predicted octanol–water partition coefficient (Wildman–Crippen LogP) is 0.756. The molecule has 0 spiro atoms. The molecular weight excluding hydrogens is 234 g/mol. The third-order valence-electron chi connectivity index (χ3n) is 2.32. The van der Waals surface area contributed by atoms with Crippen molar-refractivity contribution in [2.24, 2.45) is 5.73 Å². The molecule has 2 rings (SSSR count). The number of carbonyl (C=O) groups excluding carboxylic acids is 1. The third-order valence-corrected chi connectivity index (χ3v) is 2.70. The van der Waals surface area contributed by atoms with Gasteiger partial charge in [-0.2, -0.15) is 0 Å². The number of nitrogens with two attached hydrogens (primary N) is 1. The highest BCUT2D eigenvalue weighted by Crippen LogP contribution is 2.46. The summed E-state index contributed by atoms with van der Waals surface area (Å²) in [6, 6.07) is 0. The summed E-state index contributed by atoms with van der Waals surface area (Å²) in [5, 5.41) is 0. The van der Waals surface area contributed by atoms with Gasteiger partial charge in [-0.05, 0) is 28.8 Å². The third kappa shape index (κ3) is 1.33. The second-order valence-electron chi connectivity index (χ2n) is 3.17. The molecule has 1 amide bonds. The van der Waals surface area contributed by atoms with Gasteiger partial charge in [0.2, 0.25) is 5.91 Å². The number of primary amides is 1. The molecular formula is C8H8BrN3O. The first-order valence-electron chi connectivity index (χ1n) is 3.93. The fraction of sp³-hybridized carbons (Fsp3) is 0.375. The summed E-state index contributed by atoms with van der Waals surface area (Å²) in [4.78, 5) is 19.3. The van der Waals surface area contributed by atoms with Crippen LogP contribution in [0.1, 0.15) is 18.5 Å². The van der Waals surface area contributed by atoms with Crippen LogP contribution < -0.4 is 5.73 Å². The zero-order valence-corrected chi connectivity index (χ0v) is 8.41. The lowest BCUT2D eigenvalue weighted by Gasteiger charge is -2.08. The molecule has 68 valence electrons. The van der Waals surface area contributed by atoms with Crippen LogP contribution in [0.5, 0.6) is 0 Å². The molecule has 1 aliphatic carbocycles. The number of aromatic nitrogens is 2. The zero-order valence-electron chi connectivity index (χ0n) is 6.83. The fourth-order valence-electron chi connectivity index (χ4n) is 1.33. The van der Waals surface area contributed by atoms with E-state index in [1.807, 2.05) is 0 Å². The molecule has 1 saturated carbocycles. The second-order valence-corrected chi connectivity index (χ2v) is 3.99. The van der Waals surface area contributed by atoms with Gasteiger partial charge in [-0.15, -0.1) is 0 Å². The van der Waals surface area contributed by atoms with Crippen LogP contribution in [0.15, 0.2) is 17.0 Å². The molecule has 13 heavy (non-hydrogen) atoms. The normalized spacial score (nSPS) is 18.2.